The second-order valence-electron chi connectivity index (χ2n) is 5.13. The number of hydrogen-bond acceptors (Lipinski definition) is 4. The number of aryl methyl sites for hydroxylation is 2. The predicted octanol–water partition coefficient (Wildman–Crippen LogP) is 3.34. The lowest BCUT2D eigenvalue weighted by atomic mass is 10.0. The zero-order valence-electron chi connectivity index (χ0n) is 12.0. The molecule has 0 spiro atoms. The third-order valence-corrected chi connectivity index (χ3v) is 5.05. The number of methoxy groups -OCH3 is 1. The Kier molecular flexibility index (Phi) is 4.03. The standard InChI is InChI=1S/C16H20N2OS/c1-17-15(11-6-5-7-12(10-11)19-2)16-18-13-8-3-4-9-14(13)20-16/h5-7,10,15,17H,3-4,8-9H2,1-2H3. The molecule has 0 radical (unpaired) electrons. The SMILES string of the molecule is CNC(c1cccc(OC)c1)c1nc2c(s1)CCCC2. The van der Waals surface area contributed by atoms with E-state index in [1.54, 1.807) is 7.11 Å². The Morgan fingerprint density at radius 3 is 2.90 bits per heavy atom. The van der Waals surface area contributed by atoms with Crippen LogP contribution in [0.5, 0.6) is 5.75 Å². The zero-order chi connectivity index (χ0) is 13.9. The molecule has 3 rings (SSSR count). The third kappa shape index (κ3) is 2.58. The van der Waals surface area contributed by atoms with Crippen molar-refractivity contribution in [2.45, 2.75) is 31.7 Å². The Balaban J connectivity index is 1.94. The van der Waals surface area contributed by atoms with Gasteiger partial charge in [-0.05, 0) is 50.4 Å². The first-order valence-corrected chi connectivity index (χ1v) is 7.93. The van der Waals surface area contributed by atoms with Crippen LogP contribution in [0.15, 0.2) is 24.3 Å². The first kappa shape index (κ1) is 13.6. The summed E-state index contributed by atoms with van der Waals surface area (Å²) in [5.41, 5.74) is 2.53. The molecule has 1 unspecified atom stereocenters. The van der Waals surface area contributed by atoms with Crippen LogP contribution in [0.25, 0.3) is 0 Å². The van der Waals surface area contributed by atoms with E-state index in [0.717, 1.165) is 12.2 Å². The van der Waals surface area contributed by atoms with Gasteiger partial charge in [-0.1, -0.05) is 12.1 Å². The lowest BCUT2D eigenvalue weighted by Crippen LogP contribution is -2.17. The molecule has 0 amide bonds. The molecule has 1 heterocycles. The van der Waals surface area contributed by atoms with E-state index in [2.05, 4.69) is 17.4 Å². The Morgan fingerprint density at radius 1 is 1.30 bits per heavy atom. The van der Waals surface area contributed by atoms with Crippen molar-refractivity contribution in [2.75, 3.05) is 14.2 Å². The van der Waals surface area contributed by atoms with Gasteiger partial charge in [0.1, 0.15) is 10.8 Å². The van der Waals surface area contributed by atoms with Gasteiger partial charge in [0.05, 0.1) is 18.8 Å². The maximum Gasteiger partial charge on any atom is 0.119 e. The van der Waals surface area contributed by atoms with Gasteiger partial charge >= 0.3 is 0 Å². The molecule has 3 nitrogen and oxygen atoms in total. The monoisotopic (exact) mass is 288 g/mol. The number of ether oxygens (including phenoxy) is 1. The highest BCUT2D eigenvalue weighted by molar-refractivity contribution is 7.11. The van der Waals surface area contributed by atoms with Crippen LogP contribution < -0.4 is 10.1 Å². The smallest absolute Gasteiger partial charge is 0.119 e. The fourth-order valence-electron chi connectivity index (χ4n) is 2.75. The molecule has 0 saturated heterocycles. The molecule has 4 heteroatoms. The molecule has 20 heavy (non-hydrogen) atoms. The Morgan fingerprint density at radius 2 is 2.15 bits per heavy atom. The largest absolute Gasteiger partial charge is 0.497 e. The number of benzene rings is 1. The number of rotatable bonds is 4. The Labute approximate surface area is 124 Å². The summed E-state index contributed by atoms with van der Waals surface area (Å²) in [6.07, 6.45) is 4.92. The van der Waals surface area contributed by atoms with Crippen molar-refractivity contribution in [3.8, 4) is 5.75 Å². The molecule has 0 bridgehead atoms. The third-order valence-electron chi connectivity index (χ3n) is 3.82. The summed E-state index contributed by atoms with van der Waals surface area (Å²) in [5, 5.41) is 4.56. The fourth-order valence-corrected chi connectivity index (χ4v) is 4.04. The van der Waals surface area contributed by atoms with E-state index in [4.69, 9.17) is 9.72 Å². The van der Waals surface area contributed by atoms with Crippen molar-refractivity contribution in [1.82, 2.24) is 10.3 Å². The second kappa shape index (κ2) is 5.94. The topological polar surface area (TPSA) is 34.1 Å². The molecule has 2 aromatic rings. The van der Waals surface area contributed by atoms with Gasteiger partial charge in [0.25, 0.3) is 0 Å². The maximum absolute atomic E-state index is 5.32. The van der Waals surface area contributed by atoms with E-state index in [1.807, 2.05) is 30.5 Å². The average molecular weight is 288 g/mol. The second-order valence-corrected chi connectivity index (χ2v) is 6.24. The first-order valence-electron chi connectivity index (χ1n) is 7.11. The van der Waals surface area contributed by atoms with E-state index in [1.165, 1.54) is 40.4 Å². The van der Waals surface area contributed by atoms with E-state index in [-0.39, 0.29) is 6.04 Å². The molecular formula is C16H20N2OS. The van der Waals surface area contributed by atoms with Gasteiger partial charge in [-0.15, -0.1) is 11.3 Å². The van der Waals surface area contributed by atoms with Crippen molar-refractivity contribution >= 4 is 11.3 Å². The molecule has 1 atom stereocenters. The number of aromatic nitrogens is 1. The highest BCUT2D eigenvalue weighted by atomic mass is 32.1. The van der Waals surface area contributed by atoms with Crippen molar-refractivity contribution in [3.63, 3.8) is 0 Å². The summed E-state index contributed by atoms with van der Waals surface area (Å²) in [5.74, 6) is 0.893. The molecule has 0 aliphatic heterocycles. The number of thiazole rings is 1. The van der Waals surface area contributed by atoms with Gasteiger partial charge in [-0.2, -0.15) is 0 Å². The summed E-state index contributed by atoms with van der Waals surface area (Å²) in [6.45, 7) is 0. The minimum absolute atomic E-state index is 0.153. The summed E-state index contributed by atoms with van der Waals surface area (Å²) in [6, 6.07) is 8.38. The molecule has 1 N–H and O–H groups in total. The zero-order valence-corrected chi connectivity index (χ0v) is 12.8. The summed E-state index contributed by atoms with van der Waals surface area (Å²) >= 11 is 1.86. The van der Waals surface area contributed by atoms with Crippen molar-refractivity contribution < 1.29 is 4.74 Å². The van der Waals surface area contributed by atoms with Crippen LogP contribution in [0.2, 0.25) is 0 Å². The van der Waals surface area contributed by atoms with E-state index < -0.39 is 0 Å². The number of nitrogens with zero attached hydrogens (tertiary/aromatic N) is 1. The highest BCUT2D eigenvalue weighted by Crippen LogP contribution is 2.33. The van der Waals surface area contributed by atoms with Gasteiger partial charge < -0.3 is 10.1 Å². The minimum atomic E-state index is 0.153. The number of fused-ring (bicyclic) bond motifs is 1. The lowest BCUT2D eigenvalue weighted by Gasteiger charge is -2.14. The minimum Gasteiger partial charge on any atom is -0.497 e. The van der Waals surface area contributed by atoms with Gasteiger partial charge in [0, 0.05) is 4.88 Å². The van der Waals surface area contributed by atoms with Crippen molar-refractivity contribution in [3.05, 3.63) is 45.4 Å². The van der Waals surface area contributed by atoms with Gasteiger partial charge in [0.15, 0.2) is 0 Å². The normalized spacial score (nSPS) is 15.7. The molecule has 0 fully saturated rings. The van der Waals surface area contributed by atoms with Gasteiger partial charge in [-0.3, -0.25) is 0 Å². The quantitative estimate of drug-likeness (QED) is 0.937. The van der Waals surface area contributed by atoms with Crippen LogP contribution in [0.4, 0.5) is 0 Å². The summed E-state index contributed by atoms with van der Waals surface area (Å²) < 4.78 is 5.32. The van der Waals surface area contributed by atoms with Crippen LogP contribution in [0.3, 0.4) is 0 Å². The lowest BCUT2D eigenvalue weighted by molar-refractivity contribution is 0.414. The summed E-state index contributed by atoms with van der Waals surface area (Å²) in [4.78, 5) is 6.35. The molecule has 106 valence electrons. The number of hydrogen-bond donors (Lipinski definition) is 1. The summed E-state index contributed by atoms with van der Waals surface area (Å²) in [7, 11) is 3.69. The van der Waals surface area contributed by atoms with Crippen LogP contribution in [0.1, 0.15) is 40.0 Å². The van der Waals surface area contributed by atoms with Gasteiger partial charge in [0.2, 0.25) is 0 Å². The predicted molar refractivity (Wildman–Crippen MR) is 82.7 cm³/mol. The van der Waals surface area contributed by atoms with Crippen molar-refractivity contribution in [1.29, 1.82) is 0 Å². The van der Waals surface area contributed by atoms with Gasteiger partial charge in [-0.25, -0.2) is 4.98 Å². The first-order chi connectivity index (χ1) is 9.81. The molecule has 1 aromatic carbocycles. The van der Waals surface area contributed by atoms with Crippen LogP contribution in [-0.4, -0.2) is 19.1 Å². The van der Waals surface area contributed by atoms with Crippen molar-refractivity contribution in [2.24, 2.45) is 0 Å². The molecule has 1 aliphatic carbocycles. The van der Waals surface area contributed by atoms with E-state index >= 15 is 0 Å². The highest BCUT2D eigenvalue weighted by Gasteiger charge is 2.21. The van der Waals surface area contributed by atoms with Crippen LogP contribution >= 0.6 is 11.3 Å². The molecule has 0 saturated carbocycles. The molecule has 1 aromatic heterocycles. The maximum atomic E-state index is 5.32. The van der Waals surface area contributed by atoms with E-state index in [9.17, 15) is 0 Å². The van der Waals surface area contributed by atoms with E-state index in [0.29, 0.717) is 0 Å². The Bertz CT molecular complexity index is 570. The molecule has 1 aliphatic rings. The number of nitrogens with one attached hydrogen (secondary N) is 1. The van der Waals surface area contributed by atoms with Crippen LogP contribution in [0, 0.1) is 0 Å². The van der Waals surface area contributed by atoms with Crippen LogP contribution in [-0.2, 0) is 12.8 Å². The Hall–Kier alpha value is -1.39. The fraction of sp³-hybridized carbons (Fsp3) is 0.438. The molecular weight excluding hydrogens is 268 g/mol. The average Bonchev–Trinajstić information content (AvgIpc) is 2.91.